The van der Waals surface area contributed by atoms with E-state index >= 15 is 0 Å². The van der Waals surface area contributed by atoms with Crippen molar-refractivity contribution in [2.45, 2.75) is 47.6 Å². The Labute approximate surface area is 231 Å². The first-order valence-corrected chi connectivity index (χ1v) is 14.7. The largest absolute Gasteiger partial charge is 0.450 e. The van der Waals surface area contributed by atoms with Crippen molar-refractivity contribution in [3.05, 3.63) is 81.4 Å². The van der Waals surface area contributed by atoms with Crippen molar-refractivity contribution in [3.8, 4) is 0 Å². The van der Waals surface area contributed by atoms with E-state index < -0.39 is 4.92 Å². The average molecular weight is 563 g/mol. The fraction of sp³-hybridized carbons (Fsp3) is 0.222. The number of nitro benzene ring substituents is 1. The maximum absolute atomic E-state index is 13.5. The summed E-state index contributed by atoms with van der Waals surface area (Å²) in [6.45, 7) is 0. The van der Waals surface area contributed by atoms with E-state index in [0.29, 0.717) is 26.4 Å². The van der Waals surface area contributed by atoms with Crippen molar-refractivity contribution < 1.29 is 14.1 Å². The Morgan fingerprint density at radius 1 is 1.11 bits per heavy atom. The van der Waals surface area contributed by atoms with E-state index in [2.05, 4.69) is 4.98 Å². The van der Waals surface area contributed by atoms with Gasteiger partial charge in [0.25, 0.3) is 11.6 Å². The molecule has 0 unspecified atom stereocenters. The number of hydrogen-bond donors (Lipinski definition) is 0. The quantitative estimate of drug-likeness (QED) is 0.134. The van der Waals surface area contributed by atoms with Gasteiger partial charge in [0.05, 0.1) is 25.7 Å². The molecule has 38 heavy (non-hydrogen) atoms. The molecule has 1 saturated carbocycles. The molecule has 2 fully saturated rings. The van der Waals surface area contributed by atoms with E-state index in [4.69, 9.17) is 9.41 Å². The van der Waals surface area contributed by atoms with E-state index in [9.17, 15) is 14.9 Å². The summed E-state index contributed by atoms with van der Waals surface area (Å²) in [6.07, 6.45) is 7.20. The summed E-state index contributed by atoms with van der Waals surface area (Å²) >= 11 is 4.11. The van der Waals surface area contributed by atoms with Crippen molar-refractivity contribution in [2.24, 2.45) is 4.99 Å². The average Bonchev–Trinajstić information content (AvgIpc) is 3.62. The molecule has 1 amide bonds. The first-order chi connectivity index (χ1) is 18.5. The third-order valence-electron chi connectivity index (χ3n) is 6.38. The van der Waals surface area contributed by atoms with E-state index in [1.54, 1.807) is 12.1 Å². The Kier molecular flexibility index (Phi) is 7.05. The van der Waals surface area contributed by atoms with E-state index in [1.165, 1.54) is 53.4 Å². The second-order valence-corrected chi connectivity index (χ2v) is 12.2. The maximum Gasteiger partial charge on any atom is 0.270 e. The number of benzene rings is 2. The maximum atomic E-state index is 13.5. The zero-order valence-electron chi connectivity index (χ0n) is 20.1. The van der Waals surface area contributed by atoms with Gasteiger partial charge in [0.1, 0.15) is 5.76 Å². The van der Waals surface area contributed by atoms with Crippen LogP contribution in [-0.2, 0) is 4.79 Å². The molecule has 0 atom stereocenters. The zero-order valence-corrected chi connectivity index (χ0v) is 22.6. The molecule has 2 aromatic carbocycles. The standard InChI is InChI=1S/C27H22N4O4S3/c32-25-23(36-26(28-17-7-3-1-4-8-17)30(25)18-9-5-2-6-10-18)16-20-12-14-24(35-20)38-27-29-21-13-11-19(31(33)34)15-22(21)37-27/h1,3-4,7-8,11-16,18H,2,5-6,9-10H2/b23-16-,28-26?. The van der Waals surface area contributed by atoms with Gasteiger partial charge in [-0.1, -0.05) is 37.5 Å². The first-order valence-electron chi connectivity index (χ1n) is 12.2. The number of furan rings is 1. The molecule has 8 nitrogen and oxygen atoms in total. The minimum atomic E-state index is -0.411. The minimum absolute atomic E-state index is 0.0325. The van der Waals surface area contributed by atoms with Crippen LogP contribution in [0.4, 0.5) is 11.4 Å². The zero-order chi connectivity index (χ0) is 26.1. The third kappa shape index (κ3) is 5.27. The predicted molar refractivity (Wildman–Crippen MR) is 152 cm³/mol. The van der Waals surface area contributed by atoms with Gasteiger partial charge in [0, 0.05) is 24.3 Å². The molecule has 2 aromatic heterocycles. The number of rotatable bonds is 6. The number of carbonyl (C=O) groups excluding carboxylic acids is 1. The number of thiazole rings is 1. The molecule has 0 N–H and O–H groups in total. The van der Waals surface area contributed by atoms with Crippen molar-refractivity contribution in [1.29, 1.82) is 0 Å². The molecule has 0 spiro atoms. The Balaban J connectivity index is 1.24. The van der Waals surface area contributed by atoms with Gasteiger partial charge in [-0.25, -0.2) is 9.98 Å². The minimum Gasteiger partial charge on any atom is -0.450 e. The summed E-state index contributed by atoms with van der Waals surface area (Å²) in [7, 11) is 0. The van der Waals surface area contributed by atoms with Gasteiger partial charge in [0.2, 0.25) is 0 Å². The number of nitrogens with zero attached hydrogens (tertiary/aromatic N) is 4. The third-order valence-corrected chi connectivity index (χ3v) is 9.37. The highest BCUT2D eigenvalue weighted by atomic mass is 32.2. The Hall–Kier alpha value is -3.41. The Bertz CT molecular complexity index is 1570. The molecule has 1 aliphatic carbocycles. The van der Waals surface area contributed by atoms with Crippen LogP contribution in [0.3, 0.4) is 0 Å². The van der Waals surface area contributed by atoms with Crippen LogP contribution in [-0.4, -0.2) is 31.9 Å². The summed E-state index contributed by atoms with van der Waals surface area (Å²) in [5.74, 6) is 0.541. The van der Waals surface area contributed by atoms with Gasteiger partial charge < -0.3 is 4.42 Å². The number of amides is 1. The molecule has 11 heteroatoms. The van der Waals surface area contributed by atoms with Crippen LogP contribution in [0.25, 0.3) is 16.3 Å². The van der Waals surface area contributed by atoms with Crippen molar-refractivity contribution >= 4 is 73.6 Å². The molecular formula is C27H22N4O4S3. The molecule has 3 heterocycles. The second-order valence-electron chi connectivity index (χ2n) is 8.96. The number of aromatic nitrogens is 1. The highest BCUT2D eigenvalue weighted by Crippen LogP contribution is 2.40. The summed E-state index contributed by atoms with van der Waals surface area (Å²) < 4.78 is 7.48. The Morgan fingerprint density at radius 3 is 2.71 bits per heavy atom. The highest BCUT2D eigenvalue weighted by molar-refractivity contribution is 8.18. The van der Waals surface area contributed by atoms with Crippen LogP contribution in [0.5, 0.6) is 0 Å². The van der Waals surface area contributed by atoms with Crippen molar-refractivity contribution in [1.82, 2.24) is 9.88 Å². The Morgan fingerprint density at radius 2 is 1.92 bits per heavy atom. The van der Waals surface area contributed by atoms with E-state index in [0.717, 1.165) is 40.4 Å². The fourth-order valence-corrected chi connectivity index (χ4v) is 7.61. The summed E-state index contributed by atoms with van der Waals surface area (Å²) in [4.78, 5) is 36.0. The lowest BCUT2D eigenvalue weighted by Crippen LogP contribution is -2.40. The molecule has 1 aliphatic heterocycles. The number of amidine groups is 1. The number of para-hydroxylation sites is 1. The van der Waals surface area contributed by atoms with Crippen LogP contribution in [0.2, 0.25) is 0 Å². The van der Waals surface area contributed by atoms with Crippen LogP contribution >= 0.6 is 34.9 Å². The lowest BCUT2D eigenvalue weighted by molar-refractivity contribution is -0.384. The van der Waals surface area contributed by atoms with Crippen LogP contribution in [0.15, 0.2) is 84.4 Å². The lowest BCUT2D eigenvalue weighted by Gasteiger charge is -2.30. The van der Waals surface area contributed by atoms with Gasteiger partial charge in [-0.3, -0.25) is 19.8 Å². The van der Waals surface area contributed by atoms with Crippen LogP contribution in [0.1, 0.15) is 37.9 Å². The van der Waals surface area contributed by atoms with E-state index in [1.807, 2.05) is 47.4 Å². The molecule has 4 aromatic rings. The van der Waals surface area contributed by atoms with Gasteiger partial charge >= 0.3 is 0 Å². The number of carbonyl (C=O) groups is 1. The lowest BCUT2D eigenvalue weighted by atomic mass is 9.94. The predicted octanol–water partition coefficient (Wildman–Crippen LogP) is 7.89. The number of fused-ring (bicyclic) bond motifs is 1. The summed E-state index contributed by atoms with van der Waals surface area (Å²) in [5, 5.41) is 12.4. The van der Waals surface area contributed by atoms with E-state index in [-0.39, 0.29) is 17.6 Å². The van der Waals surface area contributed by atoms with Crippen LogP contribution < -0.4 is 0 Å². The number of aliphatic imine (C=N–C) groups is 1. The van der Waals surface area contributed by atoms with Gasteiger partial charge in [0.15, 0.2) is 14.6 Å². The second kappa shape index (κ2) is 10.8. The molecule has 1 saturated heterocycles. The van der Waals surface area contributed by atoms with Gasteiger partial charge in [-0.2, -0.15) is 0 Å². The molecule has 6 rings (SSSR count). The first kappa shape index (κ1) is 24.9. The summed E-state index contributed by atoms with van der Waals surface area (Å²) in [6, 6.07) is 18.2. The molecule has 192 valence electrons. The van der Waals surface area contributed by atoms with Gasteiger partial charge in [-0.15, -0.1) is 11.3 Å². The van der Waals surface area contributed by atoms with Crippen molar-refractivity contribution in [2.75, 3.05) is 0 Å². The smallest absolute Gasteiger partial charge is 0.270 e. The molecule has 0 radical (unpaired) electrons. The van der Waals surface area contributed by atoms with Crippen molar-refractivity contribution in [3.63, 3.8) is 0 Å². The molecular weight excluding hydrogens is 541 g/mol. The summed E-state index contributed by atoms with van der Waals surface area (Å²) in [5.41, 5.74) is 1.57. The normalized spacial score (nSPS) is 18.7. The topological polar surface area (TPSA) is 102 Å². The highest BCUT2D eigenvalue weighted by Gasteiger charge is 2.38. The monoisotopic (exact) mass is 562 g/mol. The number of non-ortho nitro benzene ring substituents is 1. The van der Waals surface area contributed by atoms with Crippen LogP contribution in [0, 0.1) is 10.1 Å². The fourth-order valence-electron chi connectivity index (χ4n) is 4.57. The SMILES string of the molecule is O=C1/C(=C/c2ccc(Sc3nc4ccc([N+](=O)[O-])cc4s3)o2)SC(=Nc2ccccc2)N1C1CCCCC1. The molecule has 2 aliphatic rings. The number of nitro groups is 1. The number of hydrogen-bond acceptors (Lipinski definition) is 9. The molecule has 0 bridgehead atoms. The van der Waals surface area contributed by atoms with Gasteiger partial charge in [-0.05, 0) is 66.7 Å². The number of thioether (sulfide) groups is 1.